The molecule has 1 unspecified atom stereocenters. The molecule has 1 heterocycles. The second kappa shape index (κ2) is 10.2. The zero-order chi connectivity index (χ0) is 21.7. The van der Waals surface area contributed by atoms with Crippen molar-refractivity contribution < 1.29 is 27.9 Å². The molecule has 3 amide bonds. The maximum absolute atomic E-state index is 13.6. The van der Waals surface area contributed by atoms with Crippen LogP contribution in [0.1, 0.15) is 25.8 Å². The zero-order valence-corrected chi connectivity index (χ0v) is 18.5. The number of carbonyl (C=O) groups is 3. The molecule has 0 spiro atoms. The number of halogens is 2. The van der Waals surface area contributed by atoms with E-state index in [1.165, 1.54) is 17.0 Å². The zero-order valence-electron chi connectivity index (χ0n) is 16.7. The van der Waals surface area contributed by atoms with Crippen LogP contribution < -0.4 is 16.0 Å². The van der Waals surface area contributed by atoms with Crippen molar-refractivity contribution in [2.75, 3.05) is 30.0 Å². The van der Waals surface area contributed by atoms with Crippen LogP contribution in [-0.4, -0.2) is 52.1 Å². The van der Waals surface area contributed by atoms with Crippen LogP contribution in [0.15, 0.2) is 18.2 Å². The van der Waals surface area contributed by atoms with Crippen molar-refractivity contribution in [3.05, 3.63) is 23.8 Å². The molecule has 3 N–H and O–H groups in total. The second-order valence-electron chi connectivity index (χ2n) is 7.30. The van der Waals surface area contributed by atoms with Crippen molar-refractivity contribution in [1.29, 1.82) is 0 Å². The number of carbonyl (C=O) groups excluding carboxylic acids is 3. The van der Waals surface area contributed by atoms with Crippen LogP contribution in [0.25, 0.3) is 0 Å². The number of benzene rings is 1. The molecule has 1 aliphatic heterocycles. The second-order valence-corrected chi connectivity index (χ2v) is 12.3. The monoisotopic (exact) mass is 473 g/mol. The summed E-state index contributed by atoms with van der Waals surface area (Å²) >= 11 is -1.88. The number of nitrogens with zero attached hydrogens (tertiary/aromatic N) is 1. The first-order chi connectivity index (χ1) is 13.6. The van der Waals surface area contributed by atoms with Crippen LogP contribution in [0, 0.1) is 5.92 Å². The third-order valence-electron chi connectivity index (χ3n) is 4.42. The Balaban J connectivity index is 2.26. The number of hydrogen-bond acceptors (Lipinski definition) is 4. The summed E-state index contributed by atoms with van der Waals surface area (Å²) in [5.41, 5.74) is 7.19. The molecule has 0 saturated carbocycles. The van der Waals surface area contributed by atoms with Crippen molar-refractivity contribution in [3.63, 3.8) is 0 Å². The van der Waals surface area contributed by atoms with Crippen LogP contribution in [-0.2, 0) is 19.1 Å². The van der Waals surface area contributed by atoms with Crippen LogP contribution in [0.5, 0.6) is 0 Å². The third kappa shape index (κ3) is 5.99. The number of nitrogens with one attached hydrogen (secondary N) is 1. The van der Waals surface area contributed by atoms with E-state index in [4.69, 9.17) is 10.5 Å². The summed E-state index contributed by atoms with van der Waals surface area (Å²) in [5, 5.41) is 3.31. The molecule has 2 rings (SSSR count). The van der Waals surface area contributed by atoms with E-state index >= 15 is 0 Å². The normalized spacial score (nSPS) is 16.8. The van der Waals surface area contributed by atoms with E-state index in [-0.39, 0.29) is 36.7 Å². The number of amides is 3. The predicted octanol–water partition coefficient (Wildman–Crippen LogP) is 2.56. The molecule has 0 aliphatic carbocycles. The molecule has 1 aromatic rings. The first kappa shape index (κ1) is 23.3. The van der Waals surface area contributed by atoms with Gasteiger partial charge in [-0.05, 0) is 0 Å². The van der Waals surface area contributed by atoms with Gasteiger partial charge in [-0.15, -0.1) is 0 Å². The minimum absolute atomic E-state index is 0.0840. The van der Waals surface area contributed by atoms with Gasteiger partial charge in [0.2, 0.25) is 0 Å². The number of hydrogen-bond donors (Lipinski definition) is 2. The van der Waals surface area contributed by atoms with Crippen LogP contribution >= 0.6 is 0 Å². The van der Waals surface area contributed by atoms with Crippen molar-refractivity contribution in [3.8, 4) is 0 Å². The molecule has 2 atom stereocenters. The van der Waals surface area contributed by atoms with Gasteiger partial charge in [0, 0.05) is 0 Å². The molecule has 0 bridgehead atoms. The first-order valence-electron chi connectivity index (χ1n) is 9.22. The minimum atomic E-state index is -2.85. The summed E-state index contributed by atoms with van der Waals surface area (Å²) < 4.78 is 31.4. The SMILES string of the molecule is CC(C)C[As](C)[C@H](C(N)=O)C(=O)Nc1ccc(N2CCOCC2=O)c(C(F)F)c1. The topological polar surface area (TPSA) is 102 Å². The average molecular weight is 473 g/mol. The number of alkyl halides is 2. The van der Waals surface area contributed by atoms with Gasteiger partial charge in [0.25, 0.3) is 0 Å². The molecule has 160 valence electrons. The fraction of sp³-hybridized carbons (Fsp3) is 0.526. The number of primary amides is 1. The number of morpholine rings is 1. The molecule has 1 aliphatic rings. The van der Waals surface area contributed by atoms with E-state index in [0.29, 0.717) is 5.92 Å². The van der Waals surface area contributed by atoms with Crippen molar-refractivity contribution in [2.45, 2.75) is 35.9 Å². The fourth-order valence-corrected chi connectivity index (χ4v) is 8.01. The first-order valence-corrected chi connectivity index (χ1v) is 13.5. The van der Waals surface area contributed by atoms with Gasteiger partial charge < -0.3 is 0 Å². The Hall–Kier alpha value is -1.99. The molecular weight excluding hydrogens is 447 g/mol. The number of ether oxygens (including phenoxy) is 1. The molecule has 0 aromatic heterocycles. The molecule has 1 saturated heterocycles. The Morgan fingerprint density at radius 2 is 2.03 bits per heavy atom. The van der Waals surface area contributed by atoms with Gasteiger partial charge in [-0.25, -0.2) is 0 Å². The number of anilines is 2. The van der Waals surface area contributed by atoms with Crippen LogP contribution in [0.4, 0.5) is 20.2 Å². The Kier molecular flexibility index (Phi) is 8.16. The van der Waals surface area contributed by atoms with Gasteiger partial charge in [0.1, 0.15) is 0 Å². The fourth-order valence-electron chi connectivity index (χ4n) is 3.26. The maximum atomic E-state index is 13.6. The van der Waals surface area contributed by atoms with Crippen molar-refractivity contribution in [1.82, 2.24) is 0 Å². The molecule has 1 fully saturated rings. The third-order valence-corrected chi connectivity index (χ3v) is 10.0. The summed E-state index contributed by atoms with van der Waals surface area (Å²) in [7, 11) is 0. The van der Waals surface area contributed by atoms with Crippen LogP contribution in [0.2, 0.25) is 15.6 Å². The predicted molar refractivity (Wildman–Crippen MR) is 107 cm³/mol. The van der Waals surface area contributed by atoms with Crippen LogP contribution in [0.3, 0.4) is 0 Å². The average Bonchev–Trinajstić information content (AvgIpc) is 2.61. The van der Waals surface area contributed by atoms with Gasteiger partial charge >= 0.3 is 173 Å². The van der Waals surface area contributed by atoms with Gasteiger partial charge in [-0.3, -0.25) is 0 Å². The molecule has 0 radical (unpaired) electrons. The number of nitrogens with two attached hydrogens (primary N) is 1. The van der Waals surface area contributed by atoms with Gasteiger partial charge in [-0.2, -0.15) is 0 Å². The Morgan fingerprint density at radius 1 is 1.34 bits per heavy atom. The van der Waals surface area contributed by atoms with E-state index in [2.05, 4.69) is 5.32 Å². The van der Waals surface area contributed by atoms with Gasteiger partial charge in [0.05, 0.1) is 0 Å². The molecular formula is C19H26AsF2N3O4. The summed E-state index contributed by atoms with van der Waals surface area (Å²) in [5.74, 6) is -1.35. The van der Waals surface area contributed by atoms with E-state index in [9.17, 15) is 23.2 Å². The Morgan fingerprint density at radius 3 is 2.59 bits per heavy atom. The quantitative estimate of drug-likeness (QED) is 0.448. The van der Waals surface area contributed by atoms with Gasteiger partial charge in [-0.1, -0.05) is 0 Å². The molecule has 7 nitrogen and oxygen atoms in total. The summed E-state index contributed by atoms with van der Waals surface area (Å²) in [6.07, 6.45) is -2.85. The molecule has 1 aromatic carbocycles. The summed E-state index contributed by atoms with van der Waals surface area (Å²) in [4.78, 5) is 37.8. The molecule has 29 heavy (non-hydrogen) atoms. The molecule has 10 heteroatoms. The van der Waals surface area contributed by atoms with Gasteiger partial charge in [0.15, 0.2) is 0 Å². The van der Waals surface area contributed by atoms with E-state index < -0.39 is 43.5 Å². The Labute approximate surface area is 173 Å². The van der Waals surface area contributed by atoms with E-state index in [1.807, 2.05) is 19.6 Å². The standard InChI is InChI=1S/C19H26AsF2N3O4/c1-11(2)9-20(3)16(18(23)27)19(28)24-12-4-5-14(13(8-12)17(21)22)25-6-7-29-10-15(25)26/h4-5,8,11,16-17H,6-7,9-10H2,1-3H3,(H2,23,27)(H,24,28)/t16-,20?/m1/s1. The van der Waals surface area contributed by atoms with E-state index in [1.54, 1.807) is 0 Å². The number of rotatable bonds is 8. The van der Waals surface area contributed by atoms with Crippen molar-refractivity contribution in [2.24, 2.45) is 11.7 Å². The van der Waals surface area contributed by atoms with E-state index in [0.717, 1.165) is 11.3 Å². The van der Waals surface area contributed by atoms with Crippen molar-refractivity contribution >= 4 is 43.7 Å². The summed E-state index contributed by atoms with van der Waals surface area (Å²) in [6.45, 7) is 4.27. The summed E-state index contributed by atoms with van der Waals surface area (Å²) in [6, 6.07) is 3.94. The Bertz CT molecular complexity index is 776.